The van der Waals surface area contributed by atoms with Crippen LogP contribution in [0.2, 0.25) is 0 Å². The molecule has 0 saturated carbocycles. The van der Waals surface area contributed by atoms with Gasteiger partial charge in [-0.3, -0.25) is 4.79 Å². The molecule has 1 aromatic carbocycles. The molecule has 6 nitrogen and oxygen atoms in total. The van der Waals surface area contributed by atoms with Gasteiger partial charge in [-0.2, -0.15) is 0 Å². The van der Waals surface area contributed by atoms with Gasteiger partial charge in [0.1, 0.15) is 0 Å². The van der Waals surface area contributed by atoms with Gasteiger partial charge in [0.15, 0.2) is 0 Å². The van der Waals surface area contributed by atoms with Crippen LogP contribution in [0.15, 0.2) is 24.3 Å². The lowest BCUT2D eigenvalue weighted by Crippen LogP contribution is -2.38. The topological polar surface area (TPSA) is 79.5 Å². The molecular formula is C15H23N3O3. The lowest BCUT2D eigenvalue weighted by atomic mass is 10.1. The molecule has 0 heterocycles. The fourth-order valence-corrected chi connectivity index (χ4v) is 1.70. The molecule has 1 aromatic rings. The molecule has 3 N–H and O–H groups in total. The van der Waals surface area contributed by atoms with Crippen molar-refractivity contribution in [3.8, 4) is 0 Å². The Bertz CT molecular complexity index is 460. The maximum Gasteiger partial charge on any atom is 0.315 e. The number of carbonyl (C=O) groups is 2. The summed E-state index contributed by atoms with van der Waals surface area (Å²) < 4.78 is 4.86. The zero-order valence-electron chi connectivity index (χ0n) is 12.7. The number of anilines is 1. The van der Waals surface area contributed by atoms with Crippen LogP contribution in [0.1, 0.15) is 31.9 Å². The maximum atomic E-state index is 11.6. The molecular weight excluding hydrogens is 270 g/mol. The van der Waals surface area contributed by atoms with E-state index in [1.807, 2.05) is 31.2 Å². The van der Waals surface area contributed by atoms with Crippen LogP contribution in [-0.2, 0) is 9.53 Å². The van der Waals surface area contributed by atoms with Crippen molar-refractivity contribution in [2.45, 2.75) is 26.3 Å². The Balaban J connectivity index is 2.49. The Morgan fingerprint density at radius 3 is 2.48 bits per heavy atom. The number of hydrogen-bond donors (Lipinski definition) is 3. The molecule has 0 bridgehead atoms. The quantitative estimate of drug-likeness (QED) is 0.673. The Hall–Kier alpha value is -2.08. The van der Waals surface area contributed by atoms with E-state index in [0.29, 0.717) is 19.6 Å². The van der Waals surface area contributed by atoms with Crippen LogP contribution in [0.3, 0.4) is 0 Å². The van der Waals surface area contributed by atoms with Gasteiger partial charge in [-0.05, 0) is 24.6 Å². The van der Waals surface area contributed by atoms with E-state index in [0.717, 1.165) is 11.3 Å². The molecule has 3 amide bonds. The van der Waals surface area contributed by atoms with Gasteiger partial charge in [0.25, 0.3) is 0 Å². The van der Waals surface area contributed by atoms with Crippen LogP contribution in [0, 0.1) is 0 Å². The molecule has 116 valence electrons. The predicted octanol–water partition coefficient (Wildman–Crippen LogP) is 2.04. The van der Waals surface area contributed by atoms with Gasteiger partial charge in [-0.1, -0.05) is 19.1 Å². The smallest absolute Gasteiger partial charge is 0.315 e. The first-order valence-corrected chi connectivity index (χ1v) is 7.00. The van der Waals surface area contributed by atoms with E-state index in [1.165, 1.54) is 0 Å². The minimum atomic E-state index is -0.233. The summed E-state index contributed by atoms with van der Waals surface area (Å²) >= 11 is 0. The van der Waals surface area contributed by atoms with Gasteiger partial charge in [-0.15, -0.1) is 0 Å². The van der Waals surface area contributed by atoms with Gasteiger partial charge >= 0.3 is 6.03 Å². The summed E-state index contributed by atoms with van der Waals surface area (Å²) in [4.78, 5) is 22.9. The first-order valence-electron chi connectivity index (χ1n) is 7.00. The molecule has 0 aliphatic heterocycles. The Kier molecular flexibility index (Phi) is 7.25. The highest BCUT2D eigenvalue weighted by Gasteiger charge is 2.09. The second-order valence-electron chi connectivity index (χ2n) is 4.64. The highest BCUT2D eigenvalue weighted by Crippen LogP contribution is 2.16. The fraction of sp³-hybridized carbons (Fsp3) is 0.467. The number of amides is 3. The first-order chi connectivity index (χ1) is 10.1. The van der Waals surface area contributed by atoms with Crippen molar-refractivity contribution in [1.82, 2.24) is 10.6 Å². The molecule has 0 radical (unpaired) electrons. The van der Waals surface area contributed by atoms with Crippen LogP contribution in [0.5, 0.6) is 0 Å². The monoisotopic (exact) mass is 293 g/mol. The Morgan fingerprint density at radius 2 is 1.90 bits per heavy atom. The largest absolute Gasteiger partial charge is 0.383 e. The van der Waals surface area contributed by atoms with Crippen molar-refractivity contribution >= 4 is 17.6 Å². The average Bonchev–Trinajstić information content (AvgIpc) is 2.48. The third kappa shape index (κ3) is 6.27. The number of ether oxygens (including phenoxy) is 1. The van der Waals surface area contributed by atoms with Crippen LogP contribution >= 0.6 is 0 Å². The van der Waals surface area contributed by atoms with Crippen LogP contribution in [-0.4, -0.2) is 32.2 Å². The summed E-state index contributed by atoms with van der Waals surface area (Å²) in [7, 11) is 1.58. The van der Waals surface area contributed by atoms with Gasteiger partial charge < -0.3 is 20.7 Å². The average molecular weight is 293 g/mol. The summed E-state index contributed by atoms with van der Waals surface area (Å²) in [6, 6.07) is 7.05. The zero-order valence-corrected chi connectivity index (χ0v) is 12.7. The van der Waals surface area contributed by atoms with Crippen molar-refractivity contribution in [3.63, 3.8) is 0 Å². The second-order valence-corrected chi connectivity index (χ2v) is 4.64. The van der Waals surface area contributed by atoms with E-state index in [9.17, 15) is 9.59 Å². The summed E-state index contributed by atoms with van der Waals surface area (Å²) in [6.45, 7) is 4.65. The van der Waals surface area contributed by atoms with Crippen molar-refractivity contribution in [2.24, 2.45) is 0 Å². The minimum Gasteiger partial charge on any atom is -0.383 e. The standard InChI is InChI=1S/C15H23N3O3/c1-4-14(19)18-13-7-5-12(6-8-13)11(2)17-15(20)16-9-10-21-3/h5-8,11H,4,9-10H2,1-3H3,(H,18,19)(H2,16,17,20). The third-order valence-electron chi connectivity index (χ3n) is 2.95. The van der Waals surface area contributed by atoms with Crippen LogP contribution in [0.4, 0.5) is 10.5 Å². The molecule has 0 saturated heterocycles. The van der Waals surface area contributed by atoms with E-state index < -0.39 is 0 Å². The van der Waals surface area contributed by atoms with Crippen molar-refractivity contribution in [1.29, 1.82) is 0 Å². The Morgan fingerprint density at radius 1 is 1.24 bits per heavy atom. The van der Waals surface area contributed by atoms with Crippen molar-refractivity contribution in [3.05, 3.63) is 29.8 Å². The van der Waals surface area contributed by atoms with E-state index in [-0.39, 0.29) is 18.0 Å². The zero-order chi connectivity index (χ0) is 15.7. The summed E-state index contributed by atoms with van der Waals surface area (Å²) in [6.07, 6.45) is 0.446. The summed E-state index contributed by atoms with van der Waals surface area (Å²) in [5, 5.41) is 8.31. The number of nitrogens with one attached hydrogen (secondary N) is 3. The molecule has 1 rings (SSSR count). The van der Waals surface area contributed by atoms with Gasteiger partial charge in [0, 0.05) is 25.8 Å². The molecule has 0 spiro atoms. The van der Waals surface area contributed by atoms with Gasteiger partial charge in [0.2, 0.25) is 5.91 Å². The van der Waals surface area contributed by atoms with Crippen molar-refractivity contribution in [2.75, 3.05) is 25.6 Å². The highest BCUT2D eigenvalue weighted by atomic mass is 16.5. The number of hydrogen-bond acceptors (Lipinski definition) is 3. The summed E-state index contributed by atoms with van der Waals surface area (Å²) in [5.74, 6) is -0.0218. The number of carbonyl (C=O) groups excluding carboxylic acids is 2. The number of rotatable bonds is 7. The molecule has 6 heteroatoms. The molecule has 21 heavy (non-hydrogen) atoms. The third-order valence-corrected chi connectivity index (χ3v) is 2.95. The lowest BCUT2D eigenvalue weighted by Gasteiger charge is -2.15. The fourth-order valence-electron chi connectivity index (χ4n) is 1.70. The molecule has 1 unspecified atom stereocenters. The lowest BCUT2D eigenvalue weighted by molar-refractivity contribution is -0.115. The minimum absolute atomic E-state index is 0.0218. The SMILES string of the molecule is CCC(=O)Nc1ccc(C(C)NC(=O)NCCOC)cc1. The molecule has 0 aliphatic carbocycles. The van der Waals surface area contributed by atoms with E-state index in [2.05, 4.69) is 16.0 Å². The van der Waals surface area contributed by atoms with Gasteiger partial charge in [0.05, 0.1) is 12.6 Å². The van der Waals surface area contributed by atoms with E-state index >= 15 is 0 Å². The van der Waals surface area contributed by atoms with Crippen LogP contribution < -0.4 is 16.0 Å². The highest BCUT2D eigenvalue weighted by molar-refractivity contribution is 5.90. The van der Waals surface area contributed by atoms with E-state index in [4.69, 9.17) is 4.74 Å². The molecule has 0 aliphatic rings. The maximum absolute atomic E-state index is 11.6. The molecule has 1 atom stereocenters. The second kappa shape index (κ2) is 8.97. The Labute approximate surface area is 125 Å². The number of benzene rings is 1. The molecule has 0 aromatic heterocycles. The summed E-state index contributed by atoms with van der Waals surface area (Å²) in [5.41, 5.74) is 1.72. The number of methoxy groups -OCH3 is 1. The molecule has 0 fully saturated rings. The van der Waals surface area contributed by atoms with Crippen molar-refractivity contribution < 1.29 is 14.3 Å². The van der Waals surface area contributed by atoms with Crippen LogP contribution in [0.25, 0.3) is 0 Å². The predicted molar refractivity (Wildman–Crippen MR) is 82.2 cm³/mol. The number of urea groups is 1. The van der Waals surface area contributed by atoms with Gasteiger partial charge in [-0.25, -0.2) is 4.79 Å². The normalized spacial score (nSPS) is 11.6. The van der Waals surface area contributed by atoms with E-state index in [1.54, 1.807) is 14.0 Å². The first kappa shape index (κ1) is 17.0.